The highest BCUT2D eigenvalue weighted by Crippen LogP contribution is 2.14. The van der Waals surface area contributed by atoms with E-state index in [1.807, 2.05) is 0 Å². The number of rotatable bonds is 3. The van der Waals surface area contributed by atoms with Crippen LogP contribution in [0.3, 0.4) is 0 Å². The van der Waals surface area contributed by atoms with E-state index in [9.17, 15) is 9.59 Å². The number of alkyl carbamates (subject to hydrolysis) is 1. The number of aliphatic imine (C=N–C) groups is 1. The summed E-state index contributed by atoms with van der Waals surface area (Å²) in [6.45, 7) is 11.0. The van der Waals surface area contributed by atoms with Gasteiger partial charge in [-0.05, 0) is 48.0 Å². The van der Waals surface area contributed by atoms with Gasteiger partial charge in [0.15, 0.2) is 5.96 Å². The van der Waals surface area contributed by atoms with Crippen LogP contribution >= 0.6 is 0 Å². The fourth-order valence-corrected chi connectivity index (χ4v) is 2.01. The SMILES string of the molecule is CC(C)(C)OC(=O)NC(C(=O)OC(C)(C)C)C1CCN=C(N)N1. The molecule has 1 rings (SSSR count). The number of ether oxygens (including phenoxy) is 2. The van der Waals surface area contributed by atoms with Gasteiger partial charge in [0.05, 0.1) is 6.04 Å². The van der Waals surface area contributed by atoms with Crippen LogP contribution in [0.15, 0.2) is 4.99 Å². The van der Waals surface area contributed by atoms with E-state index in [1.165, 1.54) is 0 Å². The number of hydrogen-bond donors (Lipinski definition) is 3. The van der Waals surface area contributed by atoms with Crippen LogP contribution in [0.25, 0.3) is 0 Å². The van der Waals surface area contributed by atoms with E-state index in [0.29, 0.717) is 13.0 Å². The lowest BCUT2D eigenvalue weighted by Crippen LogP contribution is -2.60. The number of nitrogens with two attached hydrogens (primary N) is 1. The van der Waals surface area contributed by atoms with Crippen molar-refractivity contribution in [2.24, 2.45) is 10.7 Å². The van der Waals surface area contributed by atoms with E-state index < -0.39 is 35.3 Å². The van der Waals surface area contributed by atoms with Crippen LogP contribution in [0.2, 0.25) is 0 Å². The van der Waals surface area contributed by atoms with Crippen molar-refractivity contribution < 1.29 is 19.1 Å². The number of hydrogen-bond acceptors (Lipinski definition) is 7. The van der Waals surface area contributed by atoms with Gasteiger partial charge in [0.25, 0.3) is 0 Å². The zero-order valence-corrected chi connectivity index (χ0v) is 14.7. The highest BCUT2D eigenvalue weighted by molar-refractivity contribution is 5.85. The Morgan fingerprint density at radius 2 is 1.78 bits per heavy atom. The van der Waals surface area contributed by atoms with Gasteiger partial charge < -0.3 is 25.8 Å². The van der Waals surface area contributed by atoms with Crippen LogP contribution in [0, 0.1) is 0 Å². The first-order valence-corrected chi connectivity index (χ1v) is 7.66. The number of nitrogens with one attached hydrogen (secondary N) is 2. The van der Waals surface area contributed by atoms with Crippen LogP contribution in [-0.4, -0.2) is 47.9 Å². The molecule has 1 amide bonds. The third-order valence-corrected chi connectivity index (χ3v) is 2.79. The predicted molar refractivity (Wildman–Crippen MR) is 87.0 cm³/mol. The zero-order valence-electron chi connectivity index (χ0n) is 14.7. The van der Waals surface area contributed by atoms with Crippen molar-refractivity contribution in [3.8, 4) is 0 Å². The minimum absolute atomic E-state index is 0.237. The minimum Gasteiger partial charge on any atom is -0.458 e. The van der Waals surface area contributed by atoms with Gasteiger partial charge in [-0.2, -0.15) is 0 Å². The maximum Gasteiger partial charge on any atom is 0.408 e. The summed E-state index contributed by atoms with van der Waals surface area (Å²) in [5.74, 6) is -0.309. The third kappa shape index (κ3) is 7.21. The molecule has 0 saturated carbocycles. The minimum atomic E-state index is -0.918. The van der Waals surface area contributed by atoms with E-state index in [-0.39, 0.29) is 5.96 Å². The highest BCUT2D eigenvalue weighted by Gasteiger charge is 2.36. The number of nitrogens with zero attached hydrogens (tertiary/aromatic N) is 1. The topological polar surface area (TPSA) is 115 Å². The van der Waals surface area contributed by atoms with Gasteiger partial charge in [-0.25, -0.2) is 9.59 Å². The van der Waals surface area contributed by atoms with Gasteiger partial charge >= 0.3 is 12.1 Å². The van der Waals surface area contributed by atoms with E-state index >= 15 is 0 Å². The van der Waals surface area contributed by atoms with Gasteiger partial charge in [-0.15, -0.1) is 0 Å². The predicted octanol–water partition coefficient (Wildman–Crippen LogP) is 0.898. The molecule has 0 aromatic heterocycles. The molecule has 8 heteroatoms. The maximum absolute atomic E-state index is 12.5. The lowest BCUT2D eigenvalue weighted by molar-refractivity contribution is -0.158. The Hall–Kier alpha value is -1.99. The number of carbonyl (C=O) groups is 2. The standard InChI is InChI=1S/C15H28N4O4/c1-14(2,3)22-11(20)10(9-7-8-17-12(16)18-9)19-13(21)23-15(4,5)6/h9-10H,7-8H2,1-6H3,(H,19,21)(H3,16,17,18). The molecule has 0 aromatic rings. The molecule has 0 radical (unpaired) electrons. The summed E-state index contributed by atoms with van der Waals surface area (Å²) in [7, 11) is 0. The van der Waals surface area contributed by atoms with Crippen molar-refractivity contribution in [1.82, 2.24) is 10.6 Å². The molecule has 1 heterocycles. The van der Waals surface area contributed by atoms with E-state index in [1.54, 1.807) is 41.5 Å². The maximum atomic E-state index is 12.5. The highest BCUT2D eigenvalue weighted by atomic mass is 16.6. The van der Waals surface area contributed by atoms with Crippen LogP contribution < -0.4 is 16.4 Å². The first-order chi connectivity index (χ1) is 10.4. The van der Waals surface area contributed by atoms with E-state index in [2.05, 4.69) is 15.6 Å². The second kappa shape index (κ2) is 7.06. The molecule has 1 aliphatic heterocycles. The summed E-state index contributed by atoms with van der Waals surface area (Å²) in [5, 5.41) is 5.49. The van der Waals surface area contributed by atoms with Crippen molar-refractivity contribution in [3.05, 3.63) is 0 Å². The Bertz CT molecular complexity index is 477. The summed E-state index contributed by atoms with van der Waals surface area (Å²) < 4.78 is 10.6. The molecule has 2 unspecified atom stereocenters. The monoisotopic (exact) mass is 328 g/mol. The van der Waals surface area contributed by atoms with Gasteiger partial charge in [-0.1, -0.05) is 0 Å². The average Bonchev–Trinajstić information content (AvgIpc) is 2.31. The molecular formula is C15H28N4O4. The Labute approximate surface area is 137 Å². The van der Waals surface area contributed by atoms with Crippen molar-refractivity contribution in [1.29, 1.82) is 0 Å². The number of esters is 1. The van der Waals surface area contributed by atoms with Crippen molar-refractivity contribution in [2.75, 3.05) is 6.54 Å². The van der Waals surface area contributed by atoms with Crippen LogP contribution in [0.1, 0.15) is 48.0 Å². The summed E-state index contributed by atoms with van der Waals surface area (Å²) in [6, 6.07) is -1.33. The third-order valence-electron chi connectivity index (χ3n) is 2.79. The molecule has 0 bridgehead atoms. The largest absolute Gasteiger partial charge is 0.458 e. The van der Waals surface area contributed by atoms with Gasteiger partial charge in [0.1, 0.15) is 17.2 Å². The Balaban J connectivity index is 2.86. The summed E-state index contributed by atoms with van der Waals surface area (Å²) >= 11 is 0. The fraction of sp³-hybridized carbons (Fsp3) is 0.800. The quantitative estimate of drug-likeness (QED) is 0.663. The summed E-state index contributed by atoms with van der Waals surface area (Å²) in [6.07, 6.45) is -0.142. The first kappa shape index (κ1) is 19.1. The Kier molecular flexibility index (Phi) is 5.85. The number of guanidine groups is 1. The summed E-state index contributed by atoms with van der Waals surface area (Å²) in [5.41, 5.74) is 4.33. The van der Waals surface area contributed by atoms with Crippen molar-refractivity contribution in [3.63, 3.8) is 0 Å². The molecule has 4 N–H and O–H groups in total. The molecule has 0 fully saturated rings. The lowest BCUT2D eigenvalue weighted by atomic mass is 10.0. The fourth-order valence-electron chi connectivity index (χ4n) is 2.01. The molecule has 8 nitrogen and oxygen atoms in total. The second-order valence-electron chi connectivity index (χ2n) is 7.46. The Morgan fingerprint density at radius 1 is 1.22 bits per heavy atom. The normalized spacial score (nSPS) is 19.9. The molecule has 2 atom stereocenters. The molecule has 0 aromatic carbocycles. The lowest BCUT2D eigenvalue weighted by Gasteiger charge is -2.32. The van der Waals surface area contributed by atoms with Crippen molar-refractivity contribution >= 4 is 18.0 Å². The average molecular weight is 328 g/mol. The summed E-state index contributed by atoms with van der Waals surface area (Å²) in [4.78, 5) is 28.5. The molecule has 1 aliphatic rings. The van der Waals surface area contributed by atoms with Gasteiger partial charge in [-0.3, -0.25) is 4.99 Å². The van der Waals surface area contributed by atoms with E-state index in [0.717, 1.165) is 0 Å². The van der Waals surface area contributed by atoms with Crippen LogP contribution in [0.5, 0.6) is 0 Å². The number of amides is 1. The molecule has 0 spiro atoms. The molecule has 0 saturated heterocycles. The molecular weight excluding hydrogens is 300 g/mol. The van der Waals surface area contributed by atoms with Crippen molar-refractivity contribution in [2.45, 2.75) is 71.2 Å². The first-order valence-electron chi connectivity index (χ1n) is 7.66. The molecule has 23 heavy (non-hydrogen) atoms. The van der Waals surface area contributed by atoms with Crippen LogP contribution in [-0.2, 0) is 14.3 Å². The Morgan fingerprint density at radius 3 is 2.26 bits per heavy atom. The van der Waals surface area contributed by atoms with E-state index in [4.69, 9.17) is 15.2 Å². The van der Waals surface area contributed by atoms with Gasteiger partial charge in [0.2, 0.25) is 0 Å². The molecule has 0 aliphatic carbocycles. The van der Waals surface area contributed by atoms with Gasteiger partial charge in [0, 0.05) is 6.54 Å². The molecule has 132 valence electrons. The smallest absolute Gasteiger partial charge is 0.408 e. The second-order valence-corrected chi connectivity index (χ2v) is 7.46. The number of carbonyl (C=O) groups excluding carboxylic acids is 2. The zero-order chi connectivity index (χ0) is 17.8. The van der Waals surface area contributed by atoms with Crippen LogP contribution in [0.4, 0.5) is 4.79 Å².